The fourth-order valence-corrected chi connectivity index (χ4v) is 3.31. The Morgan fingerprint density at radius 1 is 1.25 bits per heavy atom. The van der Waals surface area contributed by atoms with E-state index in [1.165, 1.54) is 37.7 Å². The van der Waals surface area contributed by atoms with Crippen molar-refractivity contribution in [2.75, 3.05) is 6.54 Å². The van der Waals surface area contributed by atoms with Gasteiger partial charge >= 0.3 is 0 Å². The van der Waals surface area contributed by atoms with Crippen LogP contribution in [0.4, 0.5) is 0 Å². The van der Waals surface area contributed by atoms with Gasteiger partial charge in [-0.05, 0) is 57.1 Å². The van der Waals surface area contributed by atoms with Crippen LogP contribution in [0.5, 0.6) is 0 Å². The predicted octanol–water partition coefficient (Wildman–Crippen LogP) is 4.62. The first kappa shape index (κ1) is 15.8. The van der Waals surface area contributed by atoms with Crippen molar-refractivity contribution in [3.8, 4) is 0 Å². The third-order valence-electron chi connectivity index (χ3n) is 4.33. The average Bonchev–Trinajstić information content (AvgIpc) is 2.40. The van der Waals surface area contributed by atoms with E-state index in [9.17, 15) is 0 Å². The SMILES string of the molecule is CC(C)(C)NCC1(Cc2ccncc2Cl)CCCCC1. The molecule has 20 heavy (non-hydrogen) atoms. The van der Waals surface area contributed by atoms with Gasteiger partial charge in [-0.25, -0.2) is 0 Å². The smallest absolute Gasteiger partial charge is 0.0621 e. The Hall–Kier alpha value is -0.600. The Bertz CT molecular complexity index is 431. The van der Waals surface area contributed by atoms with Gasteiger partial charge in [0.25, 0.3) is 0 Å². The quantitative estimate of drug-likeness (QED) is 0.877. The number of nitrogens with zero attached hydrogens (tertiary/aromatic N) is 1. The minimum Gasteiger partial charge on any atom is -0.312 e. The van der Waals surface area contributed by atoms with Gasteiger partial charge in [-0.3, -0.25) is 4.98 Å². The summed E-state index contributed by atoms with van der Waals surface area (Å²) in [7, 11) is 0. The molecule has 1 aliphatic carbocycles. The summed E-state index contributed by atoms with van der Waals surface area (Å²) in [5, 5.41) is 4.53. The number of hydrogen-bond donors (Lipinski definition) is 1. The molecule has 0 bridgehead atoms. The second kappa shape index (κ2) is 6.44. The fraction of sp³-hybridized carbons (Fsp3) is 0.706. The van der Waals surface area contributed by atoms with Crippen molar-refractivity contribution in [2.24, 2.45) is 5.41 Å². The number of rotatable bonds is 4. The first-order valence-corrected chi connectivity index (χ1v) is 8.12. The van der Waals surface area contributed by atoms with Crippen LogP contribution in [0.15, 0.2) is 18.5 Å². The molecule has 0 unspecified atom stereocenters. The molecule has 2 rings (SSSR count). The number of aromatic nitrogens is 1. The summed E-state index contributed by atoms with van der Waals surface area (Å²) < 4.78 is 0. The third-order valence-corrected chi connectivity index (χ3v) is 4.67. The van der Waals surface area contributed by atoms with Crippen molar-refractivity contribution < 1.29 is 0 Å². The highest BCUT2D eigenvalue weighted by Crippen LogP contribution is 2.40. The van der Waals surface area contributed by atoms with Gasteiger partial charge in [0, 0.05) is 24.5 Å². The molecule has 1 aromatic heterocycles. The van der Waals surface area contributed by atoms with Crippen LogP contribution in [0, 0.1) is 5.41 Å². The molecule has 0 radical (unpaired) electrons. The van der Waals surface area contributed by atoms with Crippen LogP contribution in [0.25, 0.3) is 0 Å². The van der Waals surface area contributed by atoms with Crippen LogP contribution in [0.1, 0.15) is 58.4 Å². The lowest BCUT2D eigenvalue weighted by Crippen LogP contribution is -2.45. The molecule has 1 N–H and O–H groups in total. The zero-order valence-electron chi connectivity index (χ0n) is 13.0. The molecule has 0 aliphatic heterocycles. The number of hydrogen-bond acceptors (Lipinski definition) is 2. The van der Waals surface area contributed by atoms with Crippen LogP contribution in [0.3, 0.4) is 0 Å². The standard InChI is InChI=1S/C17H27ClN2/c1-16(2,3)20-13-17(8-5-4-6-9-17)11-14-7-10-19-12-15(14)18/h7,10,12,20H,4-6,8-9,11,13H2,1-3H3. The van der Waals surface area contributed by atoms with Gasteiger partial charge in [0.05, 0.1) is 5.02 Å². The zero-order chi connectivity index (χ0) is 14.6. The second-order valence-corrected chi connectivity index (χ2v) is 7.72. The van der Waals surface area contributed by atoms with Crippen LogP contribution >= 0.6 is 11.6 Å². The summed E-state index contributed by atoms with van der Waals surface area (Å²) in [5.41, 5.74) is 1.78. The van der Waals surface area contributed by atoms with Crippen molar-refractivity contribution in [3.05, 3.63) is 29.0 Å². The maximum Gasteiger partial charge on any atom is 0.0621 e. The largest absolute Gasteiger partial charge is 0.312 e. The van der Waals surface area contributed by atoms with E-state index in [1.807, 2.05) is 6.20 Å². The molecule has 1 aromatic rings. The van der Waals surface area contributed by atoms with Gasteiger partial charge in [-0.1, -0.05) is 30.9 Å². The number of pyridine rings is 1. The van der Waals surface area contributed by atoms with E-state index in [0.29, 0.717) is 5.41 Å². The van der Waals surface area contributed by atoms with E-state index in [2.05, 4.69) is 37.1 Å². The van der Waals surface area contributed by atoms with Gasteiger partial charge in [-0.2, -0.15) is 0 Å². The monoisotopic (exact) mass is 294 g/mol. The third kappa shape index (κ3) is 4.46. The van der Waals surface area contributed by atoms with E-state index >= 15 is 0 Å². The normalized spacial score (nSPS) is 19.0. The van der Waals surface area contributed by atoms with Crippen LogP contribution in [-0.2, 0) is 6.42 Å². The highest BCUT2D eigenvalue weighted by molar-refractivity contribution is 6.31. The van der Waals surface area contributed by atoms with Gasteiger partial charge in [-0.15, -0.1) is 0 Å². The van der Waals surface area contributed by atoms with E-state index in [4.69, 9.17) is 11.6 Å². The Morgan fingerprint density at radius 2 is 1.95 bits per heavy atom. The van der Waals surface area contributed by atoms with Crippen LogP contribution in [-0.4, -0.2) is 17.1 Å². The molecular weight excluding hydrogens is 268 g/mol. The fourth-order valence-electron chi connectivity index (χ4n) is 3.12. The Balaban J connectivity index is 2.12. The summed E-state index contributed by atoms with van der Waals surface area (Å²) >= 11 is 6.31. The van der Waals surface area contributed by atoms with Crippen LogP contribution in [0.2, 0.25) is 5.02 Å². The molecule has 0 aromatic carbocycles. The highest BCUT2D eigenvalue weighted by Gasteiger charge is 2.33. The number of halogens is 1. The average molecular weight is 295 g/mol. The maximum absolute atomic E-state index is 6.31. The van der Waals surface area contributed by atoms with Crippen molar-refractivity contribution in [1.29, 1.82) is 0 Å². The van der Waals surface area contributed by atoms with Gasteiger partial charge in [0.2, 0.25) is 0 Å². The van der Waals surface area contributed by atoms with Crippen molar-refractivity contribution >= 4 is 11.6 Å². The maximum atomic E-state index is 6.31. The van der Waals surface area contributed by atoms with Crippen molar-refractivity contribution in [1.82, 2.24) is 10.3 Å². The second-order valence-electron chi connectivity index (χ2n) is 7.31. The molecule has 0 amide bonds. The van der Waals surface area contributed by atoms with E-state index in [0.717, 1.165) is 18.0 Å². The lowest BCUT2D eigenvalue weighted by molar-refractivity contribution is 0.165. The molecule has 112 valence electrons. The van der Waals surface area contributed by atoms with E-state index in [1.54, 1.807) is 6.20 Å². The minimum atomic E-state index is 0.173. The molecule has 1 saturated carbocycles. The number of nitrogens with one attached hydrogen (secondary N) is 1. The predicted molar refractivity (Wildman–Crippen MR) is 86.2 cm³/mol. The molecule has 3 heteroatoms. The topological polar surface area (TPSA) is 24.9 Å². The summed E-state index contributed by atoms with van der Waals surface area (Å²) in [5.74, 6) is 0. The Kier molecular flexibility index (Phi) is 5.09. The molecule has 1 heterocycles. The summed E-state index contributed by atoms with van der Waals surface area (Å²) in [6.07, 6.45) is 11.4. The molecule has 2 nitrogen and oxygen atoms in total. The summed E-state index contributed by atoms with van der Waals surface area (Å²) in [6.45, 7) is 7.80. The first-order chi connectivity index (χ1) is 9.40. The Labute approximate surface area is 128 Å². The van der Waals surface area contributed by atoms with Gasteiger partial charge in [0.15, 0.2) is 0 Å². The lowest BCUT2D eigenvalue weighted by atomic mass is 9.70. The van der Waals surface area contributed by atoms with Crippen LogP contribution < -0.4 is 5.32 Å². The molecule has 1 fully saturated rings. The first-order valence-electron chi connectivity index (χ1n) is 7.74. The highest BCUT2D eigenvalue weighted by atomic mass is 35.5. The molecule has 0 spiro atoms. The molecular formula is C17H27ClN2. The van der Waals surface area contributed by atoms with E-state index < -0.39 is 0 Å². The molecule has 1 aliphatic rings. The van der Waals surface area contributed by atoms with Gasteiger partial charge < -0.3 is 5.32 Å². The molecule has 0 saturated heterocycles. The van der Waals surface area contributed by atoms with E-state index in [-0.39, 0.29) is 5.54 Å². The van der Waals surface area contributed by atoms with Gasteiger partial charge in [0.1, 0.15) is 0 Å². The zero-order valence-corrected chi connectivity index (χ0v) is 13.8. The Morgan fingerprint density at radius 3 is 2.55 bits per heavy atom. The van der Waals surface area contributed by atoms with Crippen molar-refractivity contribution in [2.45, 2.75) is 64.8 Å². The molecule has 0 atom stereocenters. The summed E-state index contributed by atoms with van der Waals surface area (Å²) in [6, 6.07) is 2.08. The minimum absolute atomic E-state index is 0.173. The summed E-state index contributed by atoms with van der Waals surface area (Å²) in [4.78, 5) is 4.10. The van der Waals surface area contributed by atoms with Crippen molar-refractivity contribution in [3.63, 3.8) is 0 Å². The lowest BCUT2D eigenvalue weighted by Gasteiger charge is -2.40.